The van der Waals surface area contributed by atoms with Crippen LogP contribution in [0.1, 0.15) is 11.1 Å². The van der Waals surface area contributed by atoms with Crippen LogP contribution >= 0.6 is 23.4 Å². The predicted octanol–water partition coefficient (Wildman–Crippen LogP) is 3.81. The first-order valence-corrected chi connectivity index (χ1v) is 10.4. The smallest absolute Gasteiger partial charge is 0.250 e. The number of carbonyl (C=O) groups excluding carboxylic acids is 1. The topological polar surface area (TPSA) is 92.4 Å². The summed E-state index contributed by atoms with van der Waals surface area (Å²) in [6.45, 7) is 3.66. The van der Waals surface area contributed by atoms with Crippen molar-refractivity contribution in [1.82, 2.24) is 20.2 Å². The lowest BCUT2D eigenvalue weighted by molar-refractivity contribution is -0.118. The molecular formula is C21H20ClN5O2S. The van der Waals surface area contributed by atoms with Gasteiger partial charge in [-0.3, -0.25) is 4.79 Å². The summed E-state index contributed by atoms with van der Waals surface area (Å²) < 4.78 is 1.80. The van der Waals surface area contributed by atoms with E-state index in [9.17, 15) is 9.90 Å². The van der Waals surface area contributed by atoms with E-state index in [0.29, 0.717) is 28.0 Å². The molecule has 1 heterocycles. The van der Waals surface area contributed by atoms with E-state index in [0.717, 1.165) is 11.1 Å². The van der Waals surface area contributed by atoms with Crippen LogP contribution in [0.5, 0.6) is 5.75 Å². The number of hydrogen-bond donors (Lipinski definition) is 2. The third-order valence-electron chi connectivity index (χ3n) is 4.16. The van der Waals surface area contributed by atoms with Gasteiger partial charge in [-0.25, -0.2) is 5.43 Å². The van der Waals surface area contributed by atoms with Crippen molar-refractivity contribution in [2.75, 3.05) is 5.75 Å². The van der Waals surface area contributed by atoms with Gasteiger partial charge in [0, 0.05) is 23.2 Å². The summed E-state index contributed by atoms with van der Waals surface area (Å²) in [4.78, 5) is 12.1. The number of aromatic hydroxyl groups is 1. The van der Waals surface area contributed by atoms with Crippen LogP contribution in [0.15, 0.2) is 65.4 Å². The zero-order valence-electron chi connectivity index (χ0n) is 16.2. The Bertz CT molecular complexity index is 1100. The molecular weight excluding hydrogens is 422 g/mol. The van der Waals surface area contributed by atoms with E-state index in [1.165, 1.54) is 18.0 Å². The number of amides is 1. The Kier molecular flexibility index (Phi) is 7.26. The highest BCUT2D eigenvalue weighted by Gasteiger charge is 2.13. The summed E-state index contributed by atoms with van der Waals surface area (Å²) in [6.07, 6.45) is 3.66. The van der Waals surface area contributed by atoms with Crippen LogP contribution in [-0.4, -0.2) is 37.7 Å². The SMILES string of the molecule is C=CCc1cccc(/C=N\NC(=O)CSc2nnc(-c3cccc(Cl)c3)n2C)c1O. The van der Waals surface area contributed by atoms with Crippen molar-refractivity contribution in [1.29, 1.82) is 0 Å². The van der Waals surface area contributed by atoms with Crippen molar-refractivity contribution in [3.8, 4) is 17.1 Å². The van der Waals surface area contributed by atoms with Crippen LogP contribution in [0.3, 0.4) is 0 Å². The number of phenols is 1. The highest BCUT2D eigenvalue weighted by molar-refractivity contribution is 7.99. The average Bonchev–Trinajstić information content (AvgIpc) is 3.10. The van der Waals surface area contributed by atoms with Crippen molar-refractivity contribution in [2.24, 2.45) is 12.1 Å². The lowest BCUT2D eigenvalue weighted by atomic mass is 10.1. The molecule has 30 heavy (non-hydrogen) atoms. The summed E-state index contributed by atoms with van der Waals surface area (Å²) in [5.74, 6) is 0.595. The highest BCUT2D eigenvalue weighted by atomic mass is 35.5. The van der Waals surface area contributed by atoms with Gasteiger partial charge in [-0.2, -0.15) is 5.10 Å². The number of thioether (sulfide) groups is 1. The van der Waals surface area contributed by atoms with Gasteiger partial charge in [-0.15, -0.1) is 16.8 Å². The Morgan fingerprint density at radius 3 is 2.90 bits per heavy atom. The zero-order chi connectivity index (χ0) is 21.5. The van der Waals surface area contributed by atoms with Crippen LogP contribution in [0, 0.1) is 0 Å². The predicted molar refractivity (Wildman–Crippen MR) is 120 cm³/mol. The van der Waals surface area contributed by atoms with E-state index in [2.05, 4.69) is 27.3 Å². The van der Waals surface area contributed by atoms with Gasteiger partial charge in [0.25, 0.3) is 5.91 Å². The Hall–Kier alpha value is -3.10. The largest absolute Gasteiger partial charge is 0.507 e. The first-order valence-electron chi connectivity index (χ1n) is 9.01. The van der Waals surface area contributed by atoms with Crippen LogP contribution in [0.4, 0.5) is 0 Å². The third kappa shape index (κ3) is 5.28. The van der Waals surface area contributed by atoms with Gasteiger partial charge in [0.15, 0.2) is 11.0 Å². The molecule has 1 aromatic heterocycles. The van der Waals surface area contributed by atoms with Crippen molar-refractivity contribution >= 4 is 35.5 Å². The molecule has 0 bridgehead atoms. The molecule has 3 rings (SSSR count). The molecule has 0 radical (unpaired) electrons. The first kappa shape index (κ1) is 21.6. The summed E-state index contributed by atoms with van der Waals surface area (Å²) in [5, 5.41) is 23.6. The number of hydrazone groups is 1. The molecule has 0 spiro atoms. The number of carbonyl (C=O) groups is 1. The fraction of sp³-hybridized carbons (Fsp3) is 0.143. The first-order chi connectivity index (χ1) is 14.5. The normalized spacial score (nSPS) is 11.0. The molecule has 0 atom stereocenters. The second kappa shape index (κ2) is 10.1. The number of para-hydroxylation sites is 1. The second-order valence-electron chi connectivity index (χ2n) is 6.31. The van der Waals surface area contributed by atoms with Gasteiger partial charge in [0.2, 0.25) is 0 Å². The maximum Gasteiger partial charge on any atom is 0.250 e. The minimum atomic E-state index is -0.301. The molecule has 0 unspecified atom stereocenters. The maximum atomic E-state index is 12.1. The Morgan fingerprint density at radius 2 is 2.13 bits per heavy atom. The molecule has 0 aliphatic rings. The van der Waals surface area contributed by atoms with E-state index < -0.39 is 0 Å². The summed E-state index contributed by atoms with van der Waals surface area (Å²) in [6, 6.07) is 12.7. The van der Waals surface area contributed by atoms with E-state index in [4.69, 9.17) is 11.6 Å². The minimum Gasteiger partial charge on any atom is -0.507 e. The van der Waals surface area contributed by atoms with E-state index in [1.807, 2.05) is 31.3 Å². The van der Waals surface area contributed by atoms with Gasteiger partial charge < -0.3 is 9.67 Å². The Morgan fingerprint density at radius 1 is 1.33 bits per heavy atom. The zero-order valence-corrected chi connectivity index (χ0v) is 17.8. The molecule has 154 valence electrons. The molecule has 2 aromatic carbocycles. The minimum absolute atomic E-state index is 0.112. The molecule has 0 aliphatic carbocycles. The molecule has 3 aromatic rings. The molecule has 1 amide bonds. The highest BCUT2D eigenvalue weighted by Crippen LogP contribution is 2.24. The lowest BCUT2D eigenvalue weighted by Gasteiger charge is -2.05. The second-order valence-corrected chi connectivity index (χ2v) is 7.68. The number of phenolic OH excluding ortho intramolecular Hbond substituents is 1. The molecule has 0 saturated heterocycles. The van der Waals surface area contributed by atoms with Crippen molar-refractivity contribution in [2.45, 2.75) is 11.6 Å². The fourth-order valence-corrected chi connectivity index (χ4v) is 3.59. The van der Waals surface area contributed by atoms with Crippen LogP contribution < -0.4 is 5.43 Å². The van der Waals surface area contributed by atoms with Gasteiger partial charge in [-0.1, -0.05) is 53.7 Å². The Labute approximate surface area is 183 Å². The monoisotopic (exact) mass is 441 g/mol. The quantitative estimate of drug-likeness (QED) is 0.240. The summed E-state index contributed by atoms with van der Waals surface area (Å²) >= 11 is 7.28. The molecule has 0 aliphatic heterocycles. The molecule has 7 nitrogen and oxygen atoms in total. The summed E-state index contributed by atoms with van der Waals surface area (Å²) in [7, 11) is 1.83. The van der Waals surface area contributed by atoms with Crippen molar-refractivity contribution < 1.29 is 9.90 Å². The molecule has 9 heteroatoms. The standard InChI is InChI=1S/C21H20ClN5O2S/c1-3-6-14-7-4-9-16(19(14)29)12-23-24-18(28)13-30-21-26-25-20(27(21)2)15-8-5-10-17(22)11-15/h3-5,7-12,29H,1,6,13H2,2H3,(H,24,28)/b23-12-. The number of hydrogen-bond acceptors (Lipinski definition) is 6. The van der Waals surface area contributed by atoms with Gasteiger partial charge in [-0.05, 0) is 30.2 Å². The number of benzene rings is 2. The number of nitrogens with zero attached hydrogens (tertiary/aromatic N) is 4. The molecule has 0 saturated carbocycles. The van der Waals surface area contributed by atoms with Crippen LogP contribution in [0.25, 0.3) is 11.4 Å². The van der Waals surface area contributed by atoms with Gasteiger partial charge in [0.05, 0.1) is 12.0 Å². The molecule has 0 fully saturated rings. The van der Waals surface area contributed by atoms with Gasteiger partial charge >= 0.3 is 0 Å². The molecule has 2 N–H and O–H groups in total. The number of nitrogens with one attached hydrogen (secondary N) is 1. The van der Waals surface area contributed by atoms with Gasteiger partial charge in [0.1, 0.15) is 5.75 Å². The summed E-state index contributed by atoms with van der Waals surface area (Å²) in [5.41, 5.74) is 4.55. The fourth-order valence-electron chi connectivity index (χ4n) is 2.69. The van der Waals surface area contributed by atoms with Crippen molar-refractivity contribution in [3.05, 3.63) is 71.3 Å². The van der Waals surface area contributed by atoms with Crippen LogP contribution in [0.2, 0.25) is 5.02 Å². The van der Waals surface area contributed by atoms with Crippen LogP contribution in [-0.2, 0) is 18.3 Å². The van der Waals surface area contributed by atoms with Crippen molar-refractivity contribution in [3.63, 3.8) is 0 Å². The van der Waals surface area contributed by atoms with E-state index in [-0.39, 0.29) is 17.4 Å². The number of rotatable bonds is 8. The average molecular weight is 442 g/mol. The number of halogens is 1. The maximum absolute atomic E-state index is 12.1. The van der Waals surface area contributed by atoms with E-state index in [1.54, 1.807) is 28.8 Å². The number of allylic oxidation sites excluding steroid dienone is 1. The third-order valence-corrected chi connectivity index (χ3v) is 5.41. The number of aromatic nitrogens is 3. The lowest BCUT2D eigenvalue weighted by Crippen LogP contribution is -2.20. The van der Waals surface area contributed by atoms with E-state index >= 15 is 0 Å². The Balaban J connectivity index is 1.57.